The Balaban J connectivity index is 2.00. The van der Waals surface area contributed by atoms with E-state index in [0.29, 0.717) is 23.5 Å². The summed E-state index contributed by atoms with van der Waals surface area (Å²) < 4.78 is 34.0. The number of benzene rings is 3. The molecule has 3 aromatic carbocycles. The van der Waals surface area contributed by atoms with Gasteiger partial charge in [-0.1, -0.05) is 62.4 Å². The summed E-state index contributed by atoms with van der Waals surface area (Å²) in [7, 11) is -2.52. The van der Waals surface area contributed by atoms with Crippen molar-refractivity contribution >= 4 is 27.5 Å². The molecule has 8 nitrogen and oxygen atoms in total. The maximum Gasteiger partial charge on any atom is 0.264 e. The summed E-state index contributed by atoms with van der Waals surface area (Å²) in [5.41, 5.74) is 1.88. The fourth-order valence-electron chi connectivity index (χ4n) is 4.04. The molecule has 0 aliphatic rings. The molecule has 3 aromatic rings. The van der Waals surface area contributed by atoms with Gasteiger partial charge in [-0.05, 0) is 61.2 Å². The highest BCUT2D eigenvalue weighted by Gasteiger charge is 2.33. The number of hydrogen-bond donors (Lipinski definition) is 1. The number of aryl methyl sites for hydroxylation is 1. The van der Waals surface area contributed by atoms with Crippen molar-refractivity contribution in [2.24, 2.45) is 5.92 Å². The number of hydrogen-bond acceptors (Lipinski definition) is 5. The molecule has 0 aromatic heterocycles. The van der Waals surface area contributed by atoms with Gasteiger partial charge in [0.1, 0.15) is 18.3 Å². The SMILES string of the molecule is COc1ccc(CN(C(=O)CN(c2ccccc2C)S(=O)(=O)c2ccccc2)[C@H](C)C(=O)NCC(C)C)cc1. The van der Waals surface area contributed by atoms with Gasteiger partial charge in [-0.2, -0.15) is 0 Å². The average Bonchev–Trinajstić information content (AvgIpc) is 2.94. The molecule has 0 heterocycles. The smallest absolute Gasteiger partial charge is 0.264 e. The Hall–Kier alpha value is -3.85. The zero-order chi connectivity index (χ0) is 28.6. The number of methoxy groups -OCH3 is 1. The second-order valence-corrected chi connectivity index (χ2v) is 11.7. The Labute approximate surface area is 231 Å². The van der Waals surface area contributed by atoms with Gasteiger partial charge in [-0.15, -0.1) is 0 Å². The number of nitrogens with zero attached hydrogens (tertiary/aromatic N) is 2. The first-order valence-electron chi connectivity index (χ1n) is 12.9. The van der Waals surface area contributed by atoms with Crippen molar-refractivity contribution in [3.63, 3.8) is 0 Å². The van der Waals surface area contributed by atoms with E-state index in [0.717, 1.165) is 9.87 Å². The van der Waals surface area contributed by atoms with E-state index >= 15 is 0 Å². The van der Waals surface area contributed by atoms with Gasteiger partial charge in [0.2, 0.25) is 11.8 Å². The third-order valence-electron chi connectivity index (χ3n) is 6.36. The number of carbonyl (C=O) groups is 2. The quantitative estimate of drug-likeness (QED) is 0.360. The molecule has 0 spiro atoms. The highest BCUT2D eigenvalue weighted by molar-refractivity contribution is 7.92. The van der Waals surface area contributed by atoms with Crippen LogP contribution >= 0.6 is 0 Å². The van der Waals surface area contributed by atoms with Crippen LogP contribution in [-0.4, -0.2) is 51.4 Å². The Bertz CT molecular complexity index is 1360. The van der Waals surface area contributed by atoms with Crippen LogP contribution in [0.4, 0.5) is 5.69 Å². The molecule has 0 saturated carbocycles. The molecule has 0 saturated heterocycles. The van der Waals surface area contributed by atoms with Crippen LogP contribution in [0.25, 0.3) is 0 Å². The molecular weight excluding hydrogens is 514 g/mol. The lowest BCUT2D eigenvalue weighted by atomic mass is 10.1. The number of carbonyl (C=O) groups excluding carboxylic acids is 2. The first-order chi connectivity index (χ1) is 18.5. The number of amides is 2. The third kappa shape index (κ3) is 7.60. The summed E-state index contributed by atoms with van der Waals surface area (Å²) in [6, 6.07) is 21.4. The Morgan fingerprint density at radius 1 is 0.897 bits per heavy atom. The normalized spacial score (nSPS) is 12.1. The van der Waals surface area contributed by atoms with Crippen molar-refractivity contribution in [2.75, 3.05) is 24.5 Å². The topological polar surface area (TPSA) is 96.0 Å². The molecule has 0 aliphatic heterocycles. The summed E-state index contributed by atoms with van der Waals surface area (Å²) in [5.74, 6) is 0.0955. The molecule has 0 radical (unpaired) electrons. The molecule has 0 unspecified atom stereocenters. The van der Waals surface area contributed by atoms with E-state index in [2.05, 4.69) is 5.32 Å². The lowest BCUT2D eigenvalue weighted by molar-refractivity contribution is -0.139. The Kier molecular flexibility index (Phi) is 10.1. The molecule has 1 atom stereocenters. The molecule has 1 N–H and O–H groups in total. The van der Waals surface area contributed by atoms with Crippen molar-refractivity contribution in [2.45, 2.75) is 45.2 Å². The molecule has 9 heteroatoms. The molecular formula is C30H37N3O5S. The van der Waals surface area contributed by atoms with Crippen LogP contribution < -0.4 is 14.4 Å². The van der Waals surface area contributed by atoms with Crippen LogP contribution in [0.3, 0.4) is 0 Å². The van der Waals surface area contributed by atoms with Crippen LogP contribution in [0.1, 0.15) is 31.9 Å². The Morgan fingerprint density at radius 3 is 2.10 bits per heavy atom. The van der Waals surface area contributed by atoms with E-state index in [1.54, 1.807) is 69.5 Å². The molecule has 0 bridgehead atoms. The number of para-hydroxylation sites is 1. The van der Waals surface area contributed by atoms with Crippen molar-refractivity contribution in [3.05, 3.63) is 90.0 Å². The predicted molar refractivity (Wildman–Crippen MR) is 153 cm³/mol. The molecule has 208 valence electrons. The highest BCUT2D eigenvalue weighted by atomic mass is 32.2. The van der Waals surface area contributed by atoms with Gasteiger partial charge in [0, 0.05) is 13.1 Å². The highest BCUT2D eigenvalue weighted by Crippen LogP contribution is 2.27. The summed E-state index contributed by atoms with van der Waals surface area (Å²) >= 11 is 0. The monoisotopic (exact) mass is 551 g/mol. The van der Waals surface area contributed by atoms with Gasteiger partial charge in [0.15, 0.2) is 0 Å². The van der Waals surface area contributed by atoms with E-state index in [1.807, 2.05) is 32.0 Å². The lowest BCUT2D eigenvalue weighted by Crippen LogP contribution is -2.51. The fraction of sp³-hybridized carbons (Fsp3) is 0.333. The number of sulfonamides is 1. The standard InChI is InChI=1S/C30H37N3O5S/c1-22(2)19-31-30(35)24(4)32(20-25-15-17-26(38-5)18-16-25)29(34)21-33(28-14-10-9-11-23(28)3)39(36,37)27-12-7-6-8-13-27/h6-18,22,24H,19-21H2,1-5H3,(H,31,35)/t24-/m1/s1. The largest absolute Gasteiger partial charge is 0.497 e. The number of anilines is 1. The summed E-state index contributed by atoms with van der Waals surface area (Å²) in [5, 5.41) is 2.89. The molecule has 3 rings (SSSR count). The second kappa shape index (κ2) is 13.3. The lowest BCUT2D eigenvalue weighted by Gasteiger charge is -2.32. The minimum absolute atomic E-state index is 0.0745. The Morgan fingerprint density at radius 2 is 1.51 bits per heavy atom. The van der Waals surface area contributed by atoms with Crippen LogP contribution in [0, 0.1) is 12.8 Å². The third-order valence-corrected chi connectivity index (χ3v) is 8.13. The minimum atomic E-state index is -4.09. The molecule has 2 amide bonds. The number of nitrogens with one attached hydrogen (secondary N) is 1. The van der Waals surface area contributed by atoms with Crippen molar-refractivity contribution < 1.29 is 22.7 Å². The van der Waals surface area contributed by atoms with Crippen LogP contribution in [0.2, 0.25) is 0 Å². The van der Waals surface area contributed by atoms with E-state index < -0.39 is 28.5 Å². The van der Waals surface area contributed by atoms with Crippen molar-refractivity contribution in [1.82, 2.24) is 10.2 Å². The zero-order valence-electron chi connectivity index (χ0n) is 23.1. The van der Waals surface area contributed by atoms with E-state index in [-0.39, 0.29) is 23.3 Å². The van der Waals surface area contributed by atoms with Crippen molar-refractivity contribution in [1.29, 1.82) is 0 Å². The second-order valence-electron chi connectivity index (χ2n) is 9.80. The summed E-state index contributed by atoms with van der Waals surface area (Å²) in [6.45, 7) is 7.53. The molecule has 39 heavy (non-hydrogen) atoms. The number of rotatable bonds is 12. The van der Waals surface area contributed by atoms with Gasteiger partial charge in [-0.3, -0.25) is 13.9 Å². The maximum atomic E-state index is 13.9. The van der Waals surface area contributed by atoms with Crippen molar-refractivity contribution in [3.8, 4) is 5.75 Å². The van der Waals surface area contributed by atoms with E-state index in [4.69, 9.17) is 4.74 Å². The molecule has 0 fully saturated rings. The summed E-state index contributed by atoms with van der Waals surface area (Å²) in [4.78, 5) is 28.5. The van der Waals surface area contributed by atoms with Gasteiger partial charge < -0.3 is 15.0 Å². The van der Waals surface area contributed by atoms with Gasteiger partial charge >= 0.3 is 0 Å². The molecule has 0 aliphatic carbocycles. The van der Waals surface area contributed by atoms with Crippen LogP contribution in [-0.2, 0) is 26.2 Å². The van der Waals surface area contributed by atoms with Gasteiger partial charge in [0.05, 0.1) is 17.7 Å². The zero-order valence-corrected chi connectivity index (χ0v) is 23.9. The first kappa shape index (κ1) is 29.7. The predicted octanol–water partition coefficient (Wildman–Crippen LogP) is 4.39. The minimum Gasteiger partial charge on any atom is -0.497 e. The maximum absolute atomic E-state index is 13.9. The van der Waals surface area contributed by atoms with E-state index in [9.17, 15) is 18.0 Å². The first-order valence-corrected chi connectivity index (χ1v) is 14.3. The number of ether oxygens (including phenoxy) is 1. The van der Waals surface area contributed by atoms with Gasteiger partial charge in [-0.25, -0.2) is 8.42 Å². The average molecular weight is 552 g/mol. The van der Waals surface area contributed by atoms with Crippen LogP contribution in [0.15, 0.2) is 83.8 Å². The summed E-state index contributed by atoms with van der Waals surface area (Å²) in [6.07, 6.45) is 0. The fourth-order valence-corrected chi connectivity index (χ4v) is 5.54. The van der Waals surface area contributed by atoms with Crippen LogP contribution in [0.5, 0.6) is 5.75 Å². The van der Waals surface area contributed by atoms with E-state index in [1.165, 1.54) is 17.0 Å². The van der Waals surface area contributed by atoms with Gasteiger partial charge in [0.25, 0.3) is 10.0 Å².